The molecule has 1 aromatic carbocycles. The van der Waals surface area contributed by atoms with Crippen LogP contribution in [0, 0.1) is 5.92 Å². The van der Waals surface area contributed by atoms with Gasteiger partial charge >= 0.3 is 0 Å². The average Bonchev–Trinajstić information content (AvgIpc) is 3.18. The van der Waals surface area contributed by atoms with Crippen molar-refractivity contribution in [2.75, 3.05) is 6.54 Å². The van der Waals surface area contributed by atoms with Crippen molar-refractivity contribution in [1.82, 2.24) is 5.32 Å². The Morgan fingerprint density at radius 3 is 2.71 bits per heavy atom. The lowest BCUT2D eigenvalue weighted by Crippen LogP contribution is -2.26. The van der Waals surface area contributed by atoms with E-state index in [4.69, 9.17) is 5.73 Å². The first-order chi connectivity index (χ1) is 8.25. The van der Waals surface area contributed by atoms with Crippen molar-refractivity contribution in [1.29, 1.82) is 0 Å². The molecule has 0 heterocycles. The van der Waals surface area contributed by atoms with Crippen molar-refractivity contribution in [2.45, 2.75) is 31.7 Å². The second-order valence-electron chi connectivity index (χ2n) is 4.80. The fraction of sp³-hybridized carbons (Fsp3) is 0.500. The Morgan fingerprint density at radius 1 is 1.35 bits per heavy atom. The molecule has 1 amide bonds. The summed E-state index contributed by atoms with van der Waals surface area (Å²) in [5.41, 5.74) is 7.13. The van der Waals surface area contributed by atoms with Crippen LogP contribution in [0.4, 0.5) is 0 Å². The van der Waals surface area contributed by atoms with Crippen molar-refractivity contribution < 1.29 is 4.79 Å². The smallest absolute Gasteiger partial charge is 0.220 e. The Morgan fingerprint density at radius 2 is 2.06 bits per heavy atom. The zero-order chi connectivity index (χ0) is 12.1. The molecule has 1 unspecified atom stereocenters. The number of hydrogen-bond donors (Lipinski definition) is 2. The number of nitrogens with two attached hydrogens (primary N) is 1. The Balaban J connectivity index is 1.68. The van der Waals surface area contributed by atoms with Crippen molar-refractivity contribution >= 4 is 5.91 Å². The highest BCUT2D eigenvalue weighted by Crippen LogP contribution is 2.27. The monoisotopic (exact) mass is 232 g/mol. The molecule has 92 valence electrons. The van der Waals surface area contributed by atoms with E-state index in [-0.39, 0.29) is 11.9 Å². The number of carbonyl (C=O) groups excluding carboxylic acids is 1. The highest BCUT2D eigenvalue weighted by Gasteiger charge is 2.21. The third kappa shape index (κ3) is 4.19. The summed E-state index contributed by atoms with van der Waals surface area (Å²) in [6.07, 6.45) is 3.76. The maximum atomic E-state index is 11.5. The van der Waals surface area contributed by atoms with Crippen LogP contribution in [0.3, 0.4) is 0 Å². The standard InChI is InChI=1S/C14H20N2O/c15-13(12-4-2-1-3-5-12)8-9-14(17)16-10-11-6-7-11/h1-5,11,13H,6-10,15H2,(H,16,17). The maximum absolute atomic E-state index is 11.5. The van der Waals surface area contributed by atoms with E-state index in [1.54, 1.807) is 0 Å². The van der Waals surface area contributed by atoms with Gasteiger partial charge in [-0.1, -0.05) is 30.3 Å². The molecule has 1 atom stereocenters. The van der Waals surface area contributed by atoms with Gasteiger partial charge in [0.25, 0.3) is 0 Å². The summed E-state index contributed by atoms with van der Waals surface area (Å²) in [6.45, 7) is 0.847. The van der Waals surface area contributed by atoms with Gasteiger partial charge in [-0.25, -0.2) is 0 Å². The van der Waals surface area contributed by atoms with E-state index >= 15 is 0 Å². The third-order valence-corrected chi connectivity index (χ3v) is 3.19. The minimum Gasteiger partial charge on any atom is -0.356 e. The first-order valence-corrected chi connectivity index (χ1v) is 6.33. The largest absolute Gasteiger partial charge is 0.356 e. The number of nitrogens with one attached hydrogen (secondary N) is 1. The summed E-state index contributed by atoms with van der Waals surface area (Å²) in [7, 11) is 0. The maximum Gasteiger partial charge on any atom is 0.220 e. The molecule has 17 heavy (non-hydrogen) atoms. The molecule has 1 aliphatic rings. The first kappa shape index (κ1) is 12.1. The normalized spacial score (nSPS) is 16.5. The van der Waals surface area contributed by atoms with E-state index in [0.29, 0.717) is 12.8 Å². The van der Waals surface area contributed by atoms with Crippen LogP contribution in [0.2, 0.25) is 0 Å². The molecule has 2 rings (SSSR count). The second kappa shape index (κ2) is 5.82. The van der Waals surface area contributed by atoms with E-state index < -0.39 is 0 Å². The van der Waals surface area contributed by atoms with Crippen LogP contribution < -0.4 is 11.1 Å². The van der Waals surface area contributed by atoms with E-state index in [9.17, 15) is 4.79 Å². The van der Waals surface area contributed by atoms with Crippen molar-refractivity contribution in [3.8, 4) is 0 Å². The number of benzene rings is 1. The van der Waals surface area contributed by atoms with Crippen molar-refractivity contribution in [3.05, 3.63) is 35.9 Å². The lowest BCUT2D eigenvalue weighted by atomic mass is 10.0. The van der Waals surface area contributed by atoms with Crippen molar-refractivity contribution in [3.63, 3.8) is 0 Å². The number of carbonyl (C=O) groups is 1. The molecular formula is C14H20N2O. The summed E-state index contributed by atoms with van der Waals surface area (Å²) < 4.78 is 0. The van der Waals surface area contributed by atoms with Crippen LogP contribution in [-0.4, -0.2) is 12.5 Å². The van der Waals surface area contributed by atoms with Gasteiger partial charge in [0.05, 0.1) is 0 Å². The Labute approximate surface area is 102 Å². The van der Waals surface area contributed by atoms with Crippen LogP contribution in [0.1, 0.15) is 37.3 Å². The molecule has 1 saturated carbocycles. The summed E-state index contributed by atoms with van der Waals surface area (Å²) >= 11 is 0. The molecule has 3 nitrogen and oxygen atoms in total. The lowest BCUT2D eigenvalue weighted by Gasteiger charge is -2.11. The molecule has 1 aromatic rings. The summed E-state index contributed by atoms with van der Waals surface area (Å²) in [4.78, 5) is 11.5. The van der Waals surface area contributed by atoms with Crippen molar-refractivity contribution in [2.24, 2.45) is 11.7 Å². The highest BCUT2D eigenvalue weighted by molar-refractivity contribution is 5.75. The van der Waals surface area contributed by atoms with Crippen LogP contribution in [-0.2, 0) is 4.79 Å². The molecule has 0 aromatic heterocycles. The van der Waals surface area contributed by atoms with E-state index in [1.807, 2.05) is 30.3 Å². The van der Waals surface area contributed by atoms with Gasteiger partial charge in [-0.3, -0.25) is 4.79 Å². The summed E-state index contributed by atoms with van der Waals surface area (Å²) in [5, 5.41) is 2.96. The average molecular weight is 232 g/mol. The molecule has 0 aliphatic heterocycles. The molecule has 3 heteroatoms. The Hall–Kier alpha value is -1.35. The van der Waals surface area contributed by atoms with E-state index in [1.165, 1.54) is 12.8 Å². The van der Waals surface area contributed by atoms with E-state index in [2.05, 4.69) is 5.32 Å². The van der Waals surface area contributed by atoms with Gasteiger partial charge in [-0.2, -0.15) is 0 Å². The topological polar surface area (TPSA) is 55.1 Å². The molecular weight excluding hydrogens is 212 g/mol. The fourth-order valence-electron chi connectivity index (χ4n) is 1.82. The Kier molecular flexibility index (Phi) is 4.15. The minimum atomic E-state index is -0.0390. The summed E-state index contributed by atoms with van der Waals surface area (Å²) in [5.74, 6) is 0.866. The van der Waals surface area contributed by atoms with Gasteiger partial charge in [0.2, 0.25) is 5.91 Å². The molecule has 1 fully saturated rings. The van der Waals surface area contributed by atoms with Gasteiger partial charge in [0, 0.05) is 19.0 Å². The quantitative estimate of drug-likeness (QED) is 0.788. The van der Waals surface area contributed by atoms with Crippen LogP contribution in [0.25, 0.3) is 0 Å². The highest BCUT2D eigenvalue weighted by atomic mass is 16.1. The van der Waals surface area contributed by atoms with Gasteiger partial charge in [0.15, 0.2) is 0 Å². The molecule has 3 N–H and O–H groups in total. The molecule has 0 radical (unpaired) electrons. The van der Waals surface area contributed by atoms with E-state index in [0.717, 1.165) is 18.0 Å². The zero-order valence-corrected chi connectivity index (χ0v) is 10.1. The third-order valence-electron chi connectivity index (χ3n) is 3.19. The van der Waals surface area contributed by atoms with Gasteiger partial charge in [0.1, 0.15) is 0 Å². The van der Waals surface area contributed by atoms with Crippen LogP contribution in [0.5, 0.6) is 0 Å². The van der Waals surface area contributed by atoms with Gasteiger partial charge in [-0.15, -0.1) is 0 Å². The predicted octanol–water partition coefficient (Wildman–Crippen LogP) is 1.99. The molecule has 0 bridgehead atoms. The fourth-order valence-corrected chi connectivity index (χ4v) is 1.82. The number of rotatable bonds is 6. The SMILES string of the molecule is NC(CCC(=O)NCC1CC1)c1ccccc1. The molecule has 1 aliphatic carbocycles. The molecule has 0 spiro atoms. The van der Waals surface area contributed by atoms with Gasteiger partial charge in [-0.05, 0) is 30.7 Å². The van der Waals surface area contributed by atoms with Crippen LogP contribution >= 0.6 is 0 Å². The Bertz CT molecular complexity index is 360. The summed E-state index contributed by atoms with van der Waals surface area (Å²) in [6, 6.07) is 9.89. The lowest BCUT2D eigenvalue weighted by molar-refractivity contribution is -0.121. The zero-order valence-electron chi connectivity index (χ0n) is 10.1. The number of amides is 1. The molecule has 0 saturated heterocycles. The van der Waals surface area contributed by atoms with Gasteiger partial charge < -0.3 is 11.1 Å². The first-order valence-electron chi connectivity index (χ1n) is 6.33. The van der Waals surface area contributed by atoms with Crippen LogP contribution in [0.15, 0.2) is 30.3 Å². The minimum absolute atomic E-state index is 0.0390. The predicted molar refractivity (Wildman–Crippen MR) is 68.3 cm³/mol. The second-order valence-corrected chi connectivity index (χ2v) is 4.80. The number of hydrogen-bond acceptors (Lipinski definition) is 2.